The third-order valence-electron chi connectivity index (χ3n) is 4.94. The first-order chi connectivity index (χ1) is 11.2. The Balaban J connectivity index is 1.99. The van der Waals surface area contributed by atoms with Gasteiger partial charge >= 0.3 is 0 Å². The zero-order valence-electron chi connectivity index (χ0n) is 14.3. The van der Waals surface area contributed by atoms with Crippen LogP contribution in [0.5, 0.6) is 0 Å². The second-order valence-corrected chi connectivity index (χ2v) is 9.62. The predicted molar refractivity (Wildman–Crippen MR) is 98.1 cm³/mol. The van der Waals surface area contributed by atoms with Gasteiger partial charge in [-0.05, 0) is 42.5 Å². The molecule has 7 heteroatoms. The molecule has 0 spiro atoms. The van der Waals surface area contributed by atoms with Crippen LogP contribution in [-0.4, -0.2) is 38.3 Å². The molecule has 0 bridgehead atoms. The maximum atomic E-state index is 12.5. The van der Waals surface area contributed by atoms with Crippen molar-refractivity contribution in [2.24, 2.45) is 11.8 Å². The van der Waals surface area contributed by atoms with E-state index in [1.165, 1.54) is 25.6 Å². The predicted octanol–water partition coefficient (Wildman–Crippen LogP) is 3.01. The molecule has 1 saturated carbocycles. The fraction of sp³-hybridized carbons (Fsp3) is 0.588. The molecule has 2 rings (SSSR count). The number of sulfonamides is 1. The molecule has 1 aromatic rings. The van der Waals surface area contributed by atoms with Crippen molar-refractivity contribution in [3.63, 3.8) is 0 Å². The van der Waals surface area contributed by atoms with Crippen molar-refractivity contribution in [3.05, 3.63) is 28.7 Å². The smallest absolute Gasteiger partial charge is 0.243 e. The number of nitrogens with one attached hydrogen (secondary N) is 1. The van der Waals surface area contributed by atoms with Gasteiger partial charge < -0.3 is 5.32 Å². The van der Waals surface area contributed by atoms with Crippen molar-refractivity contribution in [2.75, 3.05) is 13.6 Å². The lowest BCUT2D eigenvalue weighted by atomic mass is 9.78. The molecule has 1 aromatic carbocycles. The highest BCUT2D eigenvalue weighted by molar-refractivity contribution is 9.10. The molecule has 5 nitrogen and oxygen atoms in total. The lowest BCUT2D eigenvalue weighted by molar-refractivity contribution is -0.122. The highest BCUT2D eigenvalue weighted by atomic mass is 79.9. The minimum absolute atomic E-state index is 0.130. The Morgan fingerprint density at radius 2 is 1.88 bits per heavy atom. The maximum absolute atomic E-state index is 12.5. The molecule has 3 atom stereocenters. The summed E-state index contributed by atoms with van der Waals surface area (Å²) in [4.78, 5) is 12.5. The van der Waals surface area contributed by atoms with Crippen LogP contribution in [0.25, 0.3) is 0 Å². The van der Waals surface area contributed by atoms with Crippen LogP contribution in [0, 0.1) is 11.8 Å². The number of hydrogen-bond donors (Lipinski definition) is 1. The molecule has 3 unspecified atom stereocenters. The topological polar surface area (TPSA) is 66.5 Å². The van der Waals surface area contributed by atoms with E-state index in [1.54, 1.807) is 12.1 Å². The normalized spacial score (nSPS) is 24.8. The Morgan fingerprint density at radius 1 is 1.25 bits per heavy atom. The molecule has 0 heterocycles. The van der Waals surface area contributed by atoms with Crippen molar-refractivity contribution < 1.29 is 13.2 Å². The van der Waals surface area contributed by atoms with Gasteiger partial charge in [-0.25, -0.2) is 8.42 Å². The summed E-state index contributed by atoms with van der Waals surface area (Å²) in [7, 11) is -2.23. The van der Waals surface area contributed by atoms with Gasteiger partial charge in [0, 0.05) is 17.6 Å². The summed E-state index contributed by atoms with van der Waals surface area (Å²) < 4.78 is 26.9. The van der Waals surface area contributed by atoms with Crippen molar-refractivity contribution in [2.45, 2.75) is 44.0 Å². The van der Waals surface area contributed by atoms with Gasteiger partial charge in [0.15, 0.2) is 0 Å². The van der Waals surface area contributed by atoms with E-state index >= 15 is 0 Å². The summed E-state index contributed by atoms with van der Waals surface area (Å²) in [5.74, 6) is 0.744. The van der Waals surface area contributed by atoms with Gasteiger partial charge in [-0.15, -0.1) is 0 Å². The zero-order valence-corrected chi connectivity index (χ0v) is 16.7. The van der Waals surface area contributed by atoms with Crippen LogP contribution in [0.15, 0.2) is 33.6 Å². The number of hydrogen-bond acceptors (Lipinski definition) is 3. The molecule has 0 aromatic heterocycles. The largest absolute Gasteiger partial charge is 0.352 e. The molecular formula is C17H25BrN2O3S. The highest BCUT2D eigenvalue weighted by Gasteiger charge is 2.29. The van der Waals surface area contributed by atoms with Crippen LogP contribution in [0.2, 0.25) is 0 Å². The average molecular weight is 417 g/mol. The zero-order chi connectivity index (χ0) is 17.9. The summed E-state index contributed by atoms with van der Waals surface area (Å²) in [5.41, 5.74) is 0. The third-order valence-corrected chi connectivity index (χ3v) is 7.29. The molecule has 0 aliphatic heterocycles. The number of amides is 1. The van der Waals surface area contributed by atoms with Crippen molar-refractivity contribution in [3.8, 4) is 0 Å². The van der Waals surface area contributed by atoms with E-state index < -0.39 is 10.0 Å². The van der Waals surface area contributed by atoms with Gasteiger partial charge in [-0.3, -0.25) is 4.79 Å². The van der Waals surface area contributed by atoms with Crippen LogP contribution in [-0.2, 0) is 14.8 Å². The minimum atomic E-state index is -3.66. The first-order valence-corrected chi connectivity index (χ1v) is 10.5. The van der Waals surface area contributed by atoms with E-state index in [1.807, 2.05) is 0 Å². The Bertz CT molecular complexity index is 676. The molecule has 0 radical (unpaired) electrons. The summed E-state index contributed by atoms with van der Waals surface area (Å²) in [5, 5.41) is 3.01. The van der Waals surface area contributed by atoms with E-state index in [2.05, 4.69) is 35.1 Å². The molecular weight excluding hydrogens is 392 g/mol. The van der Waals surface area contributed by atoms with Gasteiger partial charge in [0.25, 0.3) is 0 Å². The Kier molecular flexibility index (Phi) is 6.45. The SMILES string of the molecule is CC1CCCC(NC(=O)CN(C)S(=O)(=O)c2ccc(Br)cc2)C1C. The van der Waals surface area contributed by atoms with Crippen LogP contribution >= 0.6 is 15.9 Å². The van der Waals surface area contributed by atoms with Crippen LogP contribution in [0.4, 0.5) is 0 Å². The fourth-order valence-electron chi connectivity index (χ4n) is 3.11. The van der Waals surface area contributed by atoms with Crippen LogP contribution in [0.3, 0.4) is 0 Å². The van der Waals surface area contributed by atoms with Crippen LogP contribution < -0.4 is 5.32 Å². The summed E-state index contributed by atoms with van der Waals surface area (Å²) >= 11 is 3.28. The molecule has 1 aliphatic rings. The maximum Gasteiger partial charge on any atom is 0.243 e. The van der Waals surface area contributed by atoms with E-state index in [0.29, 0.717) is 11.8 Å². The van der Waals surface area contributed by atoms with Gasteiger partial charge in [-0.2, -0.15) is 4.31 Å². The fourth-order valence-corrected chi connectivity index (χ4v) is 4.50. The second kappa shape index (κ2) is 7.97. The lowest BCUT2D eigenvalue weighted by Crippen LogP contribution is -2.47. The Labute approximate surface area is 153 Å². The molecule has 24 heavy (non-hydrogen) atoms. The first kappa shape index (κ1) is 19.4. The Hall–Kier alpha value is -0.920. The molecule has 1 aliphatic carbocycles. The standard InChI is InChI=1S/C17H25BrN2O3S/c1-12-5-4-6-16(13(12)2)19-17(21)11-20(3)24(22,23)15-9-7-14(18)8-10-15/h7-10,12-13,16H,4-6,11H2,1-3H3,(H,19,21). The van der Waals surface area contributed by atoms with Gasteiger partial charge in [0.2, 0.25) is 15.9 Å². The number of carbonyl (C=O) groups excluding carboxylic acids is 1. The van der Waals surface area contributed by atoms with E-state index in [9.17, 15) is 13.2 Å². The van der Waals surface area contributed by atoms with Gasteiger partial charge in [0.1, 0.15) is 0 Å². The molecule has 1 N–H and O–H groups in total. The monoisotopic (exact) mass is 416 g/mol. The van der Waals surface area contributed by atoms with E-state index in [4.69, 9.17) is 0 Å². The number of likely N-dealkylation sites (N-methyl/N-ethyl adjacent to an activating group) is 1. The van der Waals surface area contributed by atoms with Crippen molar-refractivity contribution in [1.29, 1.82) is 0 Å². The average Bonchev–Trinajstić information content (AvgIpc) is 2.52. The summed E-state index contributed by atoms with van der Waals surface area (Å²) in [6.07, 6.45) is 3.25. The Morgan fingerprint density at radius 3 is 2.50 bits per heavy atom. The molecule has 1 fully saturated rings. The van der Waals surface area contributed by atoms with Crippen molar-refractivity contribution in [1.82, 2.24) is 9.62 Å². The third kappa shape index (κ3) is 4.58. The molecule has 0 saturated heterocycles. The number of halogens is 1. The minimum Gasteiger partial charge on any atom is -0.352 e. The van der Waals surface area contributed by atoms with E-state index in [-0.39, 0.29) is 23.4 Å². The number of carbonyl (C=O) groups is 1. The second-order valence-electron chi connectivity index (χ2n) is 6.66. The first-order valence-electron chi connectivity index (χ1n) is 8.23. The summed E-state index contributed by atoms with van der Waals surface area (Å²) in [6, 6.07) is 6.53. The number of rotatable bonds is 5. The quantitative estimate of drug-likeness (QED) is 0.801. The van der Waals surface area contributed by atoms with Gasteiger partial charge in [-0.1, -0.05) is 42.6 Å². The van der Waals surface area contributed by atoms with Crippen molar-refractivity contribution >= 4 is 31.9 Å². The lowest BCUT2D eigenvalue weighted by Gasteiger charge is -2.34. The number of nitrogens with zero attached hydrogens (tertiary/aromatic N) is 1. The summed E-state index contributed by atoms with van der Waals surface area (Å²) in [6.45, 7) is 4.18. The van der Waals surface area contributed by atoms with Crippen LogP contribution in [0.1, 0.15) is 33.1 Å². The van der Waals surface area contributed by atoms with E-state index in [0.717, 1.165) is 21.6 Å². The number of benzene rings is 1. The molecule has 134 valence electrons. The van der Waals surface area contributed by atoms with Gasteiger partial charge in [0.05, 0.1) is 11.4 Å². The molecule has 1 amide bonds. The highest BCUT2D eigenvalue weighted by Crippen LogP contribution is 2.29.